The Kier molecular flexibility index (Phi) is 14.4. The van der Waals surface area contributed by atoms with E-state index in [-0.39, 0.29) is 93.8 Å². The largest absolute Gasteiger partial charge is 1.00 e. The summed E-state index contributed by atoms with van der Waals surface area (Å²) < 4.78 is 46.5. The summed E-state index contributed by atoms with van der Waals surface area (Å²) in [7, 11) is -7.10. The van der Waals surface area contributed by atoms with E-state index in [1.165, 1.54) is 32.0 Å². The van der Waals surface area contributed by atoms with Gasteiger partial charge in [0.1, 0.15) is 21.7 Å². The van der Waals surface area contributed by atoms with E-state index in [1.807, 2.05) is 0 Å². The molecule has 0 aliphatic carbocycles. The molecule has 0 N–H and O–H groups in total. The van der Waals surface area contributed by atoms with E-state index in [4.69, 9.17) is 23.2 Å². The van der Waals surface area contributed by atoms with Gasteiger partial charge in [-0.25, -0.2) is 26.8 Å². The van der Waals surface area contributed by atoms with Crippen LogP contribution in [0.3, 0.4) is 0 Å². The van der Waals surface area contributed by atoms with Crippen molar-refractivity contribution in [3.05, 3.63) is 46.0 Å². The maximum absolute atomic E-state index is 11.8. The van der Waals surface area contributed by atoms with Crippen molar-refractivity contribution in [2.45, 2.75) is 30.6 Å². The van der Waals surface area contributed by atoms with E-state index in [0.717, 1.165) is 17.8 Å². The molecule has 0 bridgehead atoms. The molecule has 15 heteroatoms. The number of halogens is 2. The van der Waals surface area contributed by atoms with E-state index in [9.17, 15) is 31.5 Å². The van der Waals surface area contributed by atoms with E-state index in [0.29, 0.717) is 5.75 Å². The van der Waals surface area contributed by atoms with Crippen LogP contribution in [0.5, 0.6) is 0 Å². The van der Waals surface area contributed by atoms with Crippen molar-refractivity contribution in [2.24, 2.45) is 0 Å². The molecule has 0 saturated carbocycles. The van der Waals surface area contributed by atoms with E-state index >= 15 is 0 Å². The smallest absolute Gasteiger partial charge is 0.543 e. The molecule has 0 atom stereocenters. The minimum atomic E-state index is -3.63. The fraction of sp³-hybridized carbons (Fsp3) is 0.333. The van der Waals surface area contributed by atoms with Crippen LogP contribution in [0.15, 0.2) is 34.1 Å². The van der Waals surface area contributed by atoms with Crippen molar-refractivity contribution in [3.63, 3.8) is 0 Å². The normalized spacial score (nSPS) is 11.1. The molecular formula is C18H19Cl2KN2O7S3. The monoisotopic (exact) mass is 580 g/mol. The molecule has 0 fully saturated rings. The van der Waals surface area contributed by atoms with Crippen molar-refractivity contribution in [3.8, 4) is 0 Å². The summed E-state index contributed by atoms with van der Waals surface area (Å²) in [5.74, 6) is -1.40. The molecule has 0 spiro atoms. The number of carboxylic acid groups (broad SMARTS) is 1. The molecule has 2 rings (SSSR count). The SMILES string of the molecule is CCS(=O)(=O)c1ccc(Cl)nc1C(=O)[O-].CCSC(=O)c1nc(Cl)ccc1S(=O)(=O)CC.[K+]. The fourth-order valence-corrected chi connectivity index (χ4v) is 5.09. The predicted octanol–water partition coefficient (Wildman–Crippen LogP) is -0.682. The Bertz CT molecular complexity index is 1220. The Balaban J connectivity index is 0.000000607. The van der Waals surface area contributed by atoms with Crippen LogP contribution in [0.25, 0.3) is 0 Å². The summed E-state index contributed by atoms with van der Waals surface area (Å²) >= 11 is 12.2. The maximum Gasteiger partial charge on any atom is 1.00 e. The third-order valence-electron chi connectivity index (χ3n) is 3.74. The fourth-order valence-electron chi connectivity index (χ4n) is 2.15. The molecule has 0 aliphatic rings. The number of thioether (sulfide) groups is 1. The number of aromatic carboxylic acids is 1. The molecule has 0 aromatic carbocycles. The molecule has 176 valence electrons. The maximum atomic E-state index is 11.8. The second kappa shape index (κ2) is 14.5. The topological polar surface area (TPSA) is 151 Å². The van der Waals surface area contributed by atoms with Gasteiger partial charge in [-0.05, 0) is 30.0 Å². The Labute approximate surface area is 249 Å². The number of nitrogens with zero attached hydrogens (tertiary/aromatic N) is 2. The number of carboxylic acids is 1. The molecule has 0 amide bonds. The summed E-state index contributed by atoms with van der Waals surface area (Å²) in [6, 6.07) is 5.03. The molecule has 0 saturated heterocycles. The molecule has 9 nitrogen and oxygen atoms in total. The first-order valence-electron chi connectivity index (χ1n) is 8.97. The standard InChI is InChI=1S/C10H12ClNO3S2.C8H8ClNO4S.K/c1-3-16-10(13)9-7(17(14,15)4-2)5-6-8(11)12-9;1-2-15(13,14)5-3-4-6(9)10-7(5)8(11)12;/h5-6H,3-4H2,1-2H3;3-4H,2H2,1H3,(H,11,12);/q;;+1/p-1. The van der Waals surface area contributed by atoms with Crippen molar-refractivity contribution < 1.29 is 82.9 Å². The minimum Gasteiger partial charge on any atom is -0.543 e. The number of sulfone groups is 2. The van der Waals surface area contributed by atoms with Gasteiger partial charge in [0.05, 0.1) is 27.3 Å². The summed E-state index contributed by atoms with van der Waals surface area (Å²) in [6.45, 7) is 4.73. The van der Waals surface area contributed by atoms with Gasteiger partial charge in [0, 0.05) is 0 Å². The van der Waals surface area contributed by atoms with Gasteiger partial charge in [-0.2, -0.15) is 0 Å². The number of carbonyl (C=O) groups is 2. The van der Waals surface area contributed by atoms with Gasteiger partial charge in [-0.15, -0.1) is 0 Å². The second-order valence-electron chi connectivity index (χ2n) is 5.78. The van der Waals surface area contributed by atoms with Gasteiger partial charge in [-0.3, -0.25) is 4.79 Å². The molecule has 2 aromatic rings. The van der Waals surface area contributed by atoms with Crippen LogP contribution < -0.4 is 56.5 Å². The van der Waals surface area contributed by atoms with Crippen LogP contribution in [-0.2, 0) is 19.7 Å². The van der Waals surface area contributed by atoms with Gasteiger partial charge < -0.3 is 9.90 Å². The molecule has 2 aromatic heterocycles. The van der Waals surface area contributed by atoms with Gasteiger partial charge in [0.2, 0.25) is 5.12 Å². The number of aromatic nitrogens is 2. The predicted molar refractivity (Wildman–Crippen MR) is 121 cm³/mol. The zero-order chi connectivity index (χ0) is 24.7. The van der Waals surface area contributed by atoms with Gasteiger partial charge >= 0.3 is 51.4 Å². The van der Waals surface area contributed by atoms with Crippen molar-refractivity contribution in [2.75, 3.05) is 17.3 Å². The number of hydrogen-bond acceptors (Lipinski definition) is 10. The summed E-state index contributed by atoms with van der Waals surface area (Å²) in [5, 5.41) is 10.3. The number of carbonyl (C=O) groups excluding carboxylic acids is 2. The molecule has 0 unspecified atom stereocenters. The first-order valence-corrected chi connectivity index (χ1v) is 14.0. The Morgan fingerprint density at radius 2 is 1.24 bits per heavy atom. The quantitative estimate of drug-likeness (QED) is 0.304. The summed E-state index contributed by atoms with van der Waals surface area (Å²) in [6.07, 6.45) is 0. The van der Waals surface area contributed by atoms with E-state index in [1.54, 1.807) is 6.92 Å². The number of rotatable bonds is 7. The van der Waals surface area contributed by atoms with Gasteiger partial charge in [0.15, 0.2) is 19.7 Å². The Morgan fingerprint density at radius 3 is 1.61 bits per heavy atom. The van der Waals surface area contributed by atoms with Crippen LogP contribution in [0, 0.1) is 0 Å². The van der Waals surface area contributed by atoms with Crippen molar-refractivity contribution >= 4 is 65.7 Å². The average molecular weight is 582 g/mol. The summed E-state index contributed by atoms with van der Waals surface area (Å²) in [4.78, 5) is 29.2. The zero-order valence-electron chi connectivity index (χ0n) is 18.2. The van der Waals surface area contributed by atoms with E-state index < -0.39 is 31.3 Å². The third-order valence-corrected chi connectivity index (χ3v) is 8.43. The van der Waals surface area contributed by atoms with Crippen LogP contribution in [-0.4, -0.2) is 55.1 Å². The minimum absolute atomic E-state index is 0. The second-order valence-corrected chi connectivity index (χ2v) is 12.3. The van der Waals surface area contributed by atoms with Crippen LogP contribution >= 0.6 is 35.0 Å². The van der Waals surface area contributed by atoms with E-state index in [2.05, 4.69) is 9.97 Å². The molecule has 2 heterocycles. The number of pyridine rings is 2. The zero-order valence-corrected chi connectivity index (χ0v) is 25.2. The average Bonchev–Trinajstić information content (AvgIpc) is 2.73. The van der Waals surface area contributed by atoms with Crippen LogP contribution in [0.2, 0.25) is 10.3 Å². The molecule has 33 heavy (non-hydrogen) atoms. The Morgan fingerprint density at radius 1 is 0.848 bits per heavy atom. The molecule has 0 aliphatic heterocycles. The van der Waals surface area contributed by atoms with Crippen LogP contribution in [0.4, 0.5) is 0 Å². The van der Waals surface area contributed by atoms with Gasteiger partial charge in [-0.1, -0.05) is 55.7 Å². The van der Waals surface area contributed by atoms with Crippen molar-refractivity contribution in [1.82, 2.24) is 9.97 Å². The van der Waals surface area contributed by atoms with Crippen molar-refractivity contribution in [1.29, 1.82) is 0 Å². The first kappa shape index (κ1) is 32.9. The molecule has 0 radical (unpaired) electrons. The third kappa shape index (κ3) is 9.47. The Hall–Kier alpha value is -0.0936. The summed E-state index contributed by atoms with van der Waals surface area (Å²) in [5.41, 5.74) is -0.726. The molecular weight excluding hydrogens is 562 g/mol. The van der Waals surface area contributed by atoms with Gasteiger partial charge in [0.25, 0.3) is 0 Å². The van der Waals surface area contributed by atoms with Crippen LogP contribution in [0.1, 0.15) is 41.7 Å². The number of hydrogen-bond donors (Lipinski definition) is 0. The first-order chi connectivity index (χ1) is 14.8.